The number of carbonyl (C=O) groups is 4. The van der Waals surface area contributed by atoms with Crippen molar-refractivity contribution < 1.29 is 55.7 Å². The summed E-state index contributed by atoms with van der Waals surface area (Å²) in [5.41, 5.74) is 2.65. The van der Waals surface area contributed by atoms with Crippen LogP contribution in [0.5, 0.6) is 11.5 Å². The van der Waals surface area contributed by atoms with Gasteiger partial charge in [0, 0.05) is 43.8 Å². The van der Waals surface area contributed by atoms with Crippen molar-refractivity contribution in [1.82, 2.24) is 29.0 Å². The summed E-state index contributed by atoms with van der Waals surface area (Å²) in [4.78, 5) is 55.0. The molecule has 21 heteroatoms. The Balaban J connectivity index is 0.000000268. The lowest BCUT2D eigenvalue weighted by molar-refractivity contribution is -0.146. The zero-order chi connectivity index (χ0) is 53.0. The maximum absolute atomic E-state index is 13.7. The van der Waals surface area contributed by atoms with E-state index in [9.17, 15) is 46.2 Å². The number of likely N-dealkylation sites (N-methyl/N-ethyl adjacent to an activating group) is 2. The van der Waals surface area contributed by atoms with Crippen molar-refractivity contribution in [2.45, 2.75) is 92.2 Å². The number of amides is 2. The minimum absolute atomic E-state index is 0.0660. The van der Waals surface area contributed by atoms with Crippen LogP contribution >= 0.6 is 11.8 Å². The van der Waals surface area contributed by atoms with E-state index in [4.69, 9.17) is 9.47 Å². The van der Waals surface area contributed by atoms with Gasteiger partial charge in [0.05, 0.1) is 9.79 Å². The van der Waals surface area contributed by atoms with Crippen molar-refractivity contribution in [3.63, 3.8) is 0 Å². The molecule has 0 bridgehead atoms. The average molecular weight is 1050 g/mol. The van der Waals surface area contributed by atoms with Gasteiger partial charge in [-0.3, -0.25) is 14.9 Å². The average Bonchev–Trinajstić information content (AvgIpc) is 3.97. The van der Waals surface area contributed by atoms with Crippen molar-refractivity contribution in [3.8, 4) is 11.5 Å². The maximum atomic E-state index is 13.7. The van der Waals surface area contributed by atoms with Gasteiger partial charge in [-0.2, -0.15) is 4.31 Å². The first-order chi connectivity index (χ1) is 33.9. The number of carboxylic acids is 2. The summed E-state index contributed by atoms with van der Waals surface area (Å²) in [6.07, 6.45) is 0.736. The first-order valence-corrected chi connectivity index (χ1v) is 27.4. The van der Waals surface area contributed by atoms with Gasteiger partial charge in [0.25, 0.3) is 15.9 Å². The van der Waals surface area contributed by atoms with Crippen LogP contribution in [-0.4, -0.2) is 165 Å². The fourth-order valence-corrected chi connectivity index (χ4v) is 12.3. The number of ether oxygens (including phenoxy) is 2. The number of nitrogens with zero attached hydrogens (tertiary/aromatic N) is 4. The van der Waals surface area contributed by atoms with Gasteiger partial charge in [-0.05, 0) is 128 Å². The van der Waals surface area contributed by atoms with Crippen molar-refractivity contribution >= 4 is 55.6 Å². The lowest BCUT2D eigenvalue weighted by Crippen LogP contribution is -2.55. The van der Waals surface area contributed by atoms with Gasteiger partial charge in [0.15, 0.2) is 0 Å². The largest absolute Gasteiger partial charge is 0.492 e. The fraction of sp³-hybridized carbons (Fsp3) is 0.451. The molecule has 2 fully saturated rings. The predicted octanol–water partition coefficient (Wildman–Crippen LogP) is 4.49. The Kier molecular flexibility index (Phi) is 20.2. The van der Waals surface area contributed by atoms with Gasteiger partial charge >= 0.3 is 11.9 Å². The first kappa shape index (κ1) is 57.4. The molecule has 2 amide bonds. The standard InChI is InChI=1S/C26H35N3O6S2.C25H33N3O6S/c1-18-6-12-21(13-7-18)37(33,34)29(24(30)23-27-26(2,3)17-36-23)22(25(31)32)16-19-8-10-20(11-9-19)35-15-14-28(4)5;1-18-6-12-21(13-7-18)35(32,33)28-14-4-5-23(28)24(29)26-22(25(30)31)17-19-8-10-20(11-9-19)34-16-15-27(2)3/h6-13,22-23,27H,14-17H2,1-5H3,(H,31,32);6-13,22-23H,4-5,14-17H2,1-3H3,(H,26,29)(H,30,31)/t2*22-,23-/m00/s1. The third kappa shape index (κ3) is 16.0. The second kappa shape index (κ2) is 25.4. The number of carbonyl (C=O) groups excluding carboxylic acids is 2. The van der Waals surface area contributed by atoms with Crippen LogP contribution in [-0.2, 0) is 52.1 Å². The summed E-state index contributed by atoms with van der Waals surface area (Å²) >= 11 is 1.27. The lowest BCUT2D eigenvalue weighted by atomic mass is 10.1. The van der Waals surface area contributed by atoms with E-state index in [1.165, 1.54) is 40.3 Å². The monoisotopic (exact) mass is 1050 g/mol. The maximum Gasteiger partial charge on any atom is 0.328 e. The summed E-state index contributed by atoms with van der Waals surface area (Å²) in [6, 6.07) is 22.5. The highest BCUT2D eigenvalue weighted by atomic mass is 32.2. The third-order valence-electron chi connectivity index (χ3n) is 11.8. The smallest absolute Gasteiger partial charge is 0.328 e. The quantitative estimate of drug-likeness (QED) is 0.0850. The number of sulfonamides is 2. The van der Waals surface area contributed by atoms with E-state index in [2.05, 4.69) is 10.6 Å². The van der Waals surface area contributed by atoms with E-state index in [0.29, 0.717) is 58.7 Å². The number of nitrogens with one attached hydrogen (secondary N) is 2. The molecule has 392 valence electrons. The number of aliphatic carboxylic acids is 2. The minimum Gasteiger partial charge on any atom is -0.492 e. The highest BCUT2D eigenvalue weighted by Gasteiger charge is 2.46. The van der Waals surface area contributed by atoms with E-state index in [1.54, 1.807) is 72.8 Å². The molecular formula is C51H68N6O12S3. The van der Waals surface area contributed by atoms with Gasteiger partial charge in [-0.25, -0.2) is 30.7 Å². The molecule has 2 aliphatic rings. The van der Waals surface area contributed by atoms with Crippen LogP contribution in [0.1, 0.15) is 48.9 Å². The Morgan fingerprint density at radius 1 is 0.736 bits per heavy atom. The van der Waals surface area contributed by atoms with Crippen molar-refractivity contribution in [1.29, 1.82) is 0 Å². The predicted molar refractivity (Wildman–Crippen MR) is 276 cm³/mol. The number of hydrogen-bond donors (Lipinski definition) is 4. The fourth-order valence-electron chi connectivity index (χ4n) is 7.71. The van der Waals surface area contributed by atoms with E-state index in [0.717, 1.165) is 24.2 Å². The molecule has 0 radical (unpaired) electrons. The number of hydrogen-bond acceptors (Lipinski definition) is 14. The van der Waals surface area contributed by atoms with Crippen molar-refractivity contribution in [2.24, 2.45) is 0 Å². The van der Waals surface area contributed by atoms with Crippen LogP contribution in [0.2, 0.25) is 0 Å². The molecule has 4 aromatic carbocycles. The minimum atomic E-state index is -4.46. The molecule has 0 aromatic heterocycles. The molecule has 0 unspecified atom stereocenters. The molecule has 0 saturated carbocycles. The molecule has 0 spiro atoms. The zero-order valence-electron chi connectivity index (χ0n) is 42.1. The number of thioether (sulfide) groups is 1. The first-order valence-electron chi connectivity index (χ1n) is 23.5. The van der Waals surface area contributed by atoms with E-state index < -0.39 is 72.8 Å². The van der Waals surface area contributed by atoms with Gasteiger partial charge in [-0.15, -0.1) is 11.8 Å². The number of carboxylic acid groups (broad SMARTS) is 2. The lowest BCUT2D eigenvalue weighted by Gasteiger charge is -2.31. The Labute approximate surface area is 428 Å². The molecule has 2 saturated heterocycles. The van der Waals surface area contributed by atoms with Crippen molar-refractivity contribution in [2.75, 3.05) is 66.8 Å². The van der Waals surface area contributed by atoms with Crippen LogP contribution in [0, 0.1) is 13.8 Å². The van der Waals surface area contributed by atoms with Gasteiger partial charge < -0.3 is 34.8 Å². The molecule has 6 rings (SSSR count). The Bertz CT molecular complexity index is 2690. The highest BCUT2D eigenvalue weighted by Crippen LogP contribution is 2.32. The zero-order valence-corrected chi connectivity index (χ0v) is 44.6. The van der Waals surface area contributed by atoms with E-state index in [-0.39, 0.29) is 29.2 Å². The molecule has 18 nitrogen and oxygen atoms in total. The summed E-state index contributed by atoms with van der Waals surface area (Å²) in [5, 5.41) is 24.7. The summed E-state index contributed by atoms with van der Waals surface area (Å²) in [6.45, 7) is 10.2. The normalized spacial score (nSPS) is 17.6. The van der Waals surface area contributed by atoms with Crippen LogP contribution in [0.15, 0.2) is 107 Å². The number of rotatable bonds is 22. The van der Waals surface area contributed by atoms with E-state index in [1.807, 2.05) is 65.7 Å². The van der Waals surface area contributed by atoms with Gasteiger partial charge in [0.1, 0.15) is 48.2 Å². The highest BCUT2D eigenvalue weighted by molar-refractivity contribution is 8.01. The topological polar surface area (TPSA) is 232 Å². The summed E-state index contributed by atoms with van der Waals surface area (Å²) in [5.74, 6) is -2.12. The van der Waals surface area contributed by atoms with Crippen LogP contribution in [0.25, 0.3) is 0 Å². The van der Waals surface area contributed by atoms with Crippen LogP contribution in [0.4, 0.5) is 0 Å². The Morgan fingerprint density at radius 2 is 1.22 bits per heavy atom. The van der Waals surface area contributed by atoms with Gasteiger partial charge in [0.2, 0.25) is 15.9 Å². The SMILES string of the molecule is Cc1ccc(S(=O)(=O)N(C(=O)[C@H]2NC(C)(C)CS2)[C@@H](Cc2ccc(OCCN(C)C)cc2)C(=O)O)cc1.Cc1ccc(S(=O)(=O)N2CCC[C@H]2C(=O)N[C@@H](Cc2ccc(OCCN(C)C)cc2)C(=O)O)cc1. The molecule has 4 aromatic rings. The molecule has 2 aliphatic heterocycles. The van der Waals surface area contributed by atoms with Crippen molar-refractivity contribution in [3.05, 3.63) is 119 Å². The summed E-state index contributed by atoms with van der Waals surface area (Å²) < 4.78 is 66.8. The molecule has 0 aliphatic carbocycles. The van der Waals surface area contributed by atoms with Crippen LogP contribution < -0.4 is 20.1 Å². The molecule has 2 heterocycles. The number of aryl methyl sites for hydroxylation is 2. The molecule has 4 atom stereocenters. The second-order valence-electron chi connectivity index (χ2n) is 19.0. The van der Waals surface area contributed by atoms with Crippen LogP contribution in [0.3, 0.4) is 0 Å². The molecule has 72 heavy (non-hydrogen) atoms. The van der Waals surface area contributed by atoms with E-state index >= 15 is 0 Å². The second-order valence-corrected chi connectivity index (χ2v) is 23.8. The number of benzene rings is 4. The Hall–Kier alpha value is -5.55. The Morgan fingerprint density at radius 3 is 1.67 bits per heavy atom. The molecule has 4 N–H and O–H groups in total. The summed E-state index contributed by atoms with van der Waals surface area (Å²) in [7, 11) is -0.548. The van der Waals surface area contributed by atoms with Gasteiger partial charge in [-0.1, -0.05) is 59.7 Å². The molecular weight excluding hydrogens is 985 g/mol. The third-order valence-corrected chi connectivity index (χ3v) is 17.1.